The van der Waals surface area contributed by atoms with Crippen LogP contribution in [0.2, 0.25) is 0 Å². The van der Waals surface area contributed by atoms with Crippen LogP contribution < -0.4 is 4.72 Å². The molecule has 0 aliphatic heterocycles. The lowest BCUT2D eigenvalue weighted by Gasteiger charge is -2.22. The van der Waals surface area contributed by atoms with Crippen molar-refractivity contribution in [2.75, 3.05) is 13.6 Å². The van der Waals surface area contributed by atoms with Gasteiger partial charge in [-0.05, 0) is 61.2 Å². The molecule has 0 bridgehead atoms. The van der Waals surface area contributed by atoms with E-state index >= 15 is 0 Å². The average molecular weight is 463 g/mol. The van der Waals surface area contributed by atoms with Crippen molar-refractivity contribution in [2.45, 2.75) is 31.6 Å². The molecule has 0 aliphatic rings. The third-order valence-corrected chi connectivity index (χ3v) is 6.62. The van der Waals surface area contributed by atoms with Gasteiger partial charge in [-0.3, -0.25) is 4.79 Å². The van der Waals surface area contributed by atoms with Crippen LogP contribution in [0.5, 0.6) is 0 Å². The van der Waals surface area contributed by atoms with E-state index in [1.807, 2.05) is 37.3 Å². The van der Waals surface area contributed by atoms with E-state index in [-0.39, 0.29) is 11.4 Å². The topological polar surface area (TPSA) is 114 Å². The summed E-state index contributed by atoms with van der Waals surface area (Å²) >= 11 is 0. The smallest absolute Gasteiger partial charge is 0.240 e. The fraction of sp³-hybridized carbons (Fsp3) is 0.240. The number of likely N-dealkylation sites (N-methyl/N-ethyl adjacent to an activating group) is 1. The molecule has 0 aromatic heterocycles. The van der Waals surface area contributed by atoms with Crippen LogP contribution in [0, 0.1) is 22.7 Å². The highest BCUT2D eigenvalue weighted by Crippen LogP contribution is 2.19. The number of hydrogen-bond acceptors (Lipinski definition) is 6. The number of nitrogens with one attached hydrogen (secondary N) is 1. The molecule has 7 nitrogen and oxygen atoms in total. The molecule has 0 amide bonds. The summed E-state index contributed by atoms with van der Waals surface area (Å²) in [7, 11) is -1.89. The third-order valence-electron chi connectivity index (χ3n) is 5.14. The van der Waals surface area contributed by atoms with E-state index in [4.69, 9.17) is 5.26 Å². The van der Waals surface area contributed by atoms with Gasteiger partial charge in [-0.1, -0.05) is 31.2 Å². The van der Waals surface area contributed by atoms with Gasteiger partial charge in [0, 0.05) is 24.9 Å². The summed E-state index contributed by atoms with van der Waals surface area (Å²) in [5, 5.41) is 18.0. The second-order valence-electron chi connectivity index (χ2n) is 7.31. The Kier molecular flexibility index (Phi) is 9.11. The minimum Gasteiger partial charge on any atom is -0.345 e. The third kappa shape index (κ3) is 6.88. The Labute approximate surface area is 195 Å². The largest absolute Gasteiger partial charge is 0.345 e. The Balaban J connectivity index is 2.05. The van der Waals surface area contributed by atoms with Gasteiger partial charge in [0.05, 0.1) is 28.3 Å². The summed E-state index contributed by atoms with van der Waals surface area (Å²) in [6.07, 6.45) is 3.61. The van der Waals surface area contributed by atoms with Gasteiger partial charge in [0.1, 0.15) is 0 Å². The van der Waals surface area contributed by atoms with E-state index in [1.54, 1.807) is 24.9 Å². The fourth-order valence-corrected chi connectivity index (χ4v) is 4.29. The minimum absolute atomic E-state index is 0.111. The molecule has 0 saturated heterocycles. The van der Waals surface area contributed by atoms with Gasteiger partial charge in [0.15, 0.2) is 6.29 Å². The lowest BCUT2D eigenvalue weighted by molar-refractivity contribution is -0.105. The van der Waals surface area contributed by atoms with Crippen molar-refractivity contribution in [1.82, 2.24) is 9.62 Å². The number of sulfonamides is 1. The number of allylic oxidation sites excluding steroid dienone is 3. The number of hydrogen-bond donors (Lipinski definition) is 1. The van der Waals surface area contributed by atoms with Crippen LogP contribution in [-0.4, -0.2) is 33.2 Å². The van der Waals surface area contributed by atoms with E-state index in [0.717, 1.165) is 23.1 Å². The quantitative estimate of drug-likeness (QED) is 0.327. The van der Waals surface area contributed by atoms with Gasteiger partial charge in [-0.2, -0.15) is 10.5 Å². The summed E-state index contributed by atoms with van der Waals surface area (Å²) in [5.74, 6) is 0. The number of rotatable bonds is 10. The maximum absolute atomic E-state index is 12.4. The van der Waals surface area contributed by atoms with Crippen LogP contribution in [0.1, 0.15) is 37.0 Å². The first-order valence-corrected chi connectivity index (χ1v) is 11.8. The second kappa shape index (κ2) is 11.8. The standard InChI is InChI=1S/C25H26N4O3S/c1-4-25(19(2)16-26)29(3)23(18-30)15-21-7-5-20(6-8-21)13-14-28-33(31,32)24-11-9-22(17-27)10-12-24/h5-12,15,18,28H,4,13-14H2,1-3H3/b23-15+,25-19+. The molecular weight excluding hydrogens is 436 g/mol. The van der Waals surface area contributed by atoms with E-state index in [0.29, 0.717) is 29.7 Å². The fourth-order valence-electron chi connectivity index (χ4n) is 3.26. The molecule has 0 atom stereocenters. The highest BCUT2D eigenvalue weighted by molar-refractivity contribution is 7.89. The van der Waals surface area contributed by atoms with E-state index in [2.05, 4.69) is 10.8 Å². The van der Waals surface area contributed by atoms with Crippen LogP contribution in [-0.2, 0) is 21.2 Å². The average Bonchev–Trinajstić information content (AvgIpc) is 2.83. The molecule has 0 saturated carbocycles. The van der Waals surface area contributed by atoms with Crippen molar-refractivity contribution < 1.29 is 13.2 Å². The molecule has 0 spiro atoms. The molecule has 0 heterocycles. The molecular formula is C25H26N4O3S. The summed E-state index contributed by atoms with van der Waals surface area (Å²) in [6, 6.07) is 17.3. The van der Waals surface area contributed by atoms with Crippen molar-refractivity contribution >= 4 is 22.4 Å². The number of nitrogens with zero attached hydrogens (tertiary/aromatic N) is 3. The van der Waals surface area contributed by atoms with E-state index < -0.39 is 10.0 Å². The zero-order chi connectivity index (χ0) is 24.4. The van der Waals surface area contributed by atoms with Crippen molar-refractivity contribution in [1.29, 1.82) is 10.5 Å². The van der Waals surface area contributed by atoms with Gasteiger partial charge in [0.25, 0.3) is 0 Å². The zero-order valence-electron chi connectivity index (χ0n) is 18.9. The Bertz CT molecular complexity index is 1230. The first kappa shape index (κ1) is 25.5. The van der Waals surface area contributed by atoms with Gasteiger partial charge >= 0.3 is 0 Å². The van der Waals surface area contributed by atoms with Crippen molar-refractivity contribution in [3.63, 3.8) is 0 Å². The Hall–Kier alpha value is -3.72. The minimum atomic E-state index is -3.65. The number of benzene rings is 2. The van der Waals surface area contributed by atoms with Gasteiger partial charge < -0.3 is 4.90 Å². The van der Waals surface area contributed by atoms with Crippen LogP contribution >= 0.6 is 0 Å². The molecule has 0 aliphatic carbocycles. The Morgan fingerprint density at radius 2 is 1.73 bits per heavy atom. The summed E-state index contributed by atoms with van der Waals surface area (Å²) in [4.78, 5) is 13.5. The highest BCUT2D eigenvalue weighted by Gasteiger charge is 2.13. The van der Waals surface area contributed by atoms with Crippen LogP contribution in [0.4, 0.5) is 0 Å². The van der Waals surface area contributed by atoms with Crippen LogP contribution in [0.3, 0.4) is 0 Å². The summed E-state index contributed by atoms with van der Waals surface area (Å²) in [5.41, 5.74) is 3.92. The Morgan fingerprint density at radius 3 is 2.24 bits per heavy atom. The lowest BCUT2D eigenvalue weighted by Crippen LogP contribution is -2.26. The zero-order valence-corrected chi connectivity index (χ0v) is 19.7. The number of aldehydes is 1. The maximum Gasteiger partial charge on any atom is 0.240 e. The highest BCUT2D eigenvalue weighted by atomic mass is 32.2. The van der Waals surface area contributed by atoms with Crippen molar-refractivity contribution in [3.05, 3.63) is 82.2 Å². The molecule has 2 aromatic rings. The molecule has 0 fully saturated rings. The lowest BCUT2D eigenvalue weighted by atomic mass is 10.1. The molecule has 2 aromatic carbocycles. The first-order valence-electron chi connectivity index (χ1n) is 10.3. The van der Waals surface area contributed by atoms with Crippen molar-refractivity contribution in [2.24, 2.45) is 0 Å². The predicted molar refractivity (Wildman–Crippen MR) is 127 cm³/mol. The Morgan fingerprint density at radius 1 is 1.09 bits per heavy atom. The van der Waals surface area contributed by atoms with Crippen LogP contribution in [0.15, 0.2) is 70.4 Å². The number of carbonyl (C=O) groups is 1. The molecule has 1 N–H and O–H groups in total. The summed E-state index contributed by atoms with van der Waals surface area (Å²) < 4.78 is 27.3. The van der Waals surface area contributed by atoms with Crippen LogP contribution in [0.25, 0.3) is 6.08 Å². The number of nitriles is 2. The molecule has 8 heteroatoms. The molecule has 170 valence electrons. The van der Waals surface area contributed by atoms with E-state index in [9.17, 15) is 18.5 Å². The SMILES string of the molecule is CC/C(=C(/C)C#N)N(C)/C(C=O)=C/c1ccc(CCNS(=O)(=O)c2ccc(C#N)cc2)cc1. The van der Waals surface area contributed by atoms with Crippen molar-refractivity contribution in [3.8, 4) is 12.1 Å². The predicted octanol–water partition coefficient (Wildman–Crippen LogP) is 3.76. The molecule has 0 radical (unpaired) electrons. The van der Waals surface area contributed by atoms with Gasteiger partial charge in [-0.15, -0.1) is 0 Å². The first-order chi connectivity index (χ1) is 15.7. The normalized spacial score (nSPS) is 12.3. The molecule has 2 rings (SSSR count). The number of carbonyl (C=O) groups excluding carboxylic acids is 1. The van der Waals surface area contributed by atoms with Gasteiger partial charge in [-0.25, -0.2) is 13.1 Å². The van der Waals surface area contributed by atoms with Gasteiger partial charge in [0.2, 0.25) is 10.0 Å². The summed E-state index contributed by atoms with van der Waals surface area (Å²) in [6.45, 7) is 3.87. The molecule has 33 heavy (non-hydrogen) atoms. The molecule has 0 unspecified atom stereocenters. The maximum atomic E-state index is 12.4. The monoisotopic (exact) mass is 462 g/mol. The second-order valence-corrected chi connectivity index (χ2v) is 9.08. The van der Waals surface area contributed by atoms with E-state index in [1.165, 1.54) is 24.3 Å².